The highest BCUT2D eigenvalue weighted by Gasteiger charge is 2.19. The summed E-state index contributed by atoms with van der Waals surface area (Å²) in [7, 11) is 0. The first-order valence-electron chi connectivity index (χ1n) is 6.82. The summed E-state index contributed by atoms with van der Waals surface area (Å²) in [5, 5.41) is 1.84. The predicted molar refractivity (Wildman–Crippen MR) is 80.1 cm³/mol. The lowest BCUT2D eigenvalue weighted by Crippen LogP contribution is -2.07. The Balaban J connectivity index is 2.28. The van der Waals surface area contributed by atoms with Crippen LogP contribution in [0.15, 0.2) is 47.0 Å². The zero-order valence-electron chi connectivity index (χ0n) is 11.9. The van der Waals surface area contributed by atoms with Crippen molar-refractivity contribution in [2.24, 2.45) is 0 Å². The Hall–Kier alpha value is -2.62. The number of hydrogen-bond acceptors (Lipinski definition) is 4. The smallest absolute Gasteiger partial charge is 0.339 e. The molecule has 4 nitrogen and oxygen atoms in total. The third-order valence-corrected chi connectivity index (χ3v) is 3.30. The van der Waals surface area contributed by atoms with Gasteiger partial charge in [-0.2, -0.15) is 0 Å². The number of carbonyl (C=O) groups excluding carboxylic acids is 1. The fourth-order valence-corrected chi connectivity index (χ4v) is 2.39. The van der Waals surface area contributed by atoms with Gasteiger partial charge in [-0.15, -0.1) is 0 Å². The SMILES string of the molecule is CCOC(=O)c1c(-c2cnc(C)o2)ccc2ccccc12. The average Bonchev–Trinajstić information content (AvgIpc) is 2.92. The van der Waals surface area contributed by atoms with Crippen LogP contribution in [0.2, 0.25) is 0 Å². The quantitative estimate of drug-likeness (QED) is 0.681. The highest BCUT2D eigenvalue weighted by atomic mass is 16.5. The van der Waals surface area contributed by atoms with E-state index in [2.05, 4.69) is 4.98 Å². The Morgan fingerprint density at radius 2 is 2.05 bits per heavy atom. The molecule has 0 unspecified atom stereocenters. The van der Waals surface area contributed by atoms with E-state index in [-0.39, 0.29) is 5.97 Å². The van der Waals surface area contributed by atoms with Crippen LogP contribution in [0, 0.1) is 6.92 Å². The third kappa shape index (κ3) is 2.40. The van der Waals surface area contributed by atoms with Crippen LogP contribution in [0.25, 0.3) is 22.1 Å². The third-order valence-electron chi connectivity index (χ3n) is 3.30. The summed E-state index contributed by atoms with van der Waals surface area (Å²) in [5.74, 6) is 0.785. The van der Waals surface area contributed by atoms with Gasteiger partial charge in [-0.1, -0.05) is 30.3 Å². The van der Waals surface area contributed by atoms with Gasteiger partial charge in [0.15, 0.2) is 11.7 Å². The molecule has 0 amide bonds. The Labute approximate surface area is 122 Å². The fourth-order valence-electron chi connectivity index (χ4n) is 2.39. The zero-order valence-corrected chi connectivity index (χ0v) is 11.9. The molecule has 0 aliphatic rings. The molecule has 0 saturated carbocycles. The Morgan fingerprint density at radius 3 is 2.76 bits per heavy atom. The van der Waals surface area contributed by atoms with Gasteiger partial charge in [-0.25, -0.2) is 9.78 Å². The highest BCUT2D eigenvalue weighted by Crippen LogP contribution is 2.31. The molecule has 3 aromatic rings. The van der Waals surface area contributed by atoms with E-state index in [1.807, 2.05) is 36.4 Å². The highest BCUT2D eigenvalue weighted by molar-refractivity contribution is 6.09. The molecule has 0 bridgehead atoms. The van der Waals surface area contributed by atoms with Gasteiger partial charge in [0.2, 0.25) is 0 Å². The summed E-state index contributed by atoms with van der Waals surface area (Å²) in [5.41, 5.74) is 1.22. The zero-order chi connectivity index (χ0) is 14.8. The minimum Gasteiger partial charge on any atom is -0.462 e. The molecule has 0 spiro atoms. The lowest BCUT2D eigenvalue weighted by atomic mass is 9.98. The number of fused-ring (bicyclic) bond motifs is 1. The second-order valence-electron chi connectivity index (χ2n) is 4.67. The normalized spacial score (nSPS) is 10.8. The second-order valence-corrected chi connectivity index (χ2v) is 4.67. The van der Waals surface area contributed by atoms with E-state index in [4.69, 9.17) is 9.15 Å². The van der Waals surface area contributed by atoms with Crippen molar-refractivity contribution in [2.45, 2.75) is 13.8 Å². The van der Waals surface area contributed by atoms with Crippen molar-refractivity contribution in [1.82, 2.24) is 4.98 Å². The average molecular weight is 281 g/mol. The maximum absolute atomic E-state index is 12.4. The monoisotopic (exact) mass is 281 g/mol. The van der Waals surface area contributed by atoms with Crippen molar-refractivity contribution in [1.29, 1.82) is 0 Å². The van der Waals surface area contributed by atoms with Crippen molar-refractivity contribution < 1.29 is 13.9 Å². The molecule has 2 aromatic carbocycles. The number of aromatic nitrogens is 1. The molecule has 0 atom stereocenters. The Bertz CT molecular complexity index is 805. The van der Waals surface area contributed by atoms with Gasteiger partial charge in [-0.05, 0) is 23.8 Å². The van der Waals surface area contributed by atoms with E-state index >= 15 is 0 Å². The number of aryl methyl sites for hydroxylation is 1. The number of nitrogens with zero attached hydrogens (tertiary/aromatic N) is 1. The number of hydrogen-bond donors (Lipinski definition) is 0. The molecular weight excluding hydrogens is 266 g/mol. The van der Waals surface area contributed by atoms with Gasteiger partial charge in [0.05, 0.1) is 18.4 Å². The fraction of sp³-hybridized carbons (Fsp3) is 0.176. The molecule has 0 saturated heterocycles. The number of rotatable bonds is 3. The maximum Gasteiger partial charge on any atom is 0.339 e. The first-order chi connectivity index (χ1) is 10.2. The molecule has 3 rings (SSSR count). The Kier molecular flexibility index (Phi) is 3.44. The molecule has 1 heterocycles. The molecular formula is C17H15NO3. The van der Waals surface area contributed by atoms with Crippen LogP contribution >= 0.6 is 0 Å². The van der Waals surface area contributed by atoms with Crippen LogP contribution < -0.4 is 0 Å². The molecule has 4 heteroatoms. The first kappa shape index (κ1) is 13.4. The van der Waals surface area contributed by atoms with Gasteiger partial charge in [-0.3, -0.25) is 0 Å². The number of ether oxygens (including phenoxy) is 1. The first-order valence-corrected chi connectivity index (χ1v) is 6.82. The van der Waals surface area contributed by atoms with Crippen LogP contribution in [-0.2, 0) is 4.74 Å². The lowest BCUT2D eigenvalue weighted by Gasteiger charge is -2.10. The van der Waals surface area contributed by atoms with E-state index in [1.54, 1.807) is 20.0 Å². The summed E-state index contributed by atoms with van der Waals surface area (Å²) in [4.78, 5) is 16.5. The standard InChI is InChI=1S/C17H15NO3/c1-3-20-17(19)16-13-7-5-4-6-12(13)8-9-14(16)15-10-18-11(2)21-15/h4-10H,3H2,1-2H3. The lowest BCUT2D eigenvalue weighted by molar-refractivity contribution is 0.0529. The second kappa shape index (κ2) is 5.40. The minimum atomic E-state index is -0.349. The van der Waals surface area contributed by atoms with E-state index in [0.717, 1.165) is 10.8 Å². The van der Waals surface area contributed by atoms with Crippen molar-refractivity contribution in [3.63, 3.8) is 0 Å². The summed E-state index contributed by atoms with van der Waals surface area (Å²) in [6.07, 6.45) is 1.63. The molecule has 0 N–H and O–H groups in total. The molecule has 1 aromatic heterocycles. The number of esters is 1. The maximum atomic E-state index is 12.4. The summed E-state index contributed by atoms with van der Waals surface area (Å²) in [6.45, 7) is 3.90. The molecule has 106 valence electrons. The summed E-state index contributed by atoms with van der Waals surface area (Å²) in [6, 6.07) is 11.6. The van der Waals surface area contributed by atoms with Crippen LogP contribution in [-0.4, -0.2) is 17.6 Å². The number of oxazole rings is 1. The largest absolute Gasteiger partial charge is 0.462 e. The molecule has 21 heavy (non-hydrogen) atoms. The minimum absolute atomic E-state index is 0.330. The summed E-state index contributed by atoms with van der Waals surface area (Å²) >= 11 is 0. The summed E-state index contributed by atoms with van der Waals surface area (Å²) < 4.78 is 10.8. The van der Waals surface area contributed by atoms with Crippen LogP contribution in [0.4, 0.5) is 0 Å². The van der Waals surface area contributed by atoms with Crippen molar-refractivity contribution in [3.05, 3.63) is 54.0 Å². The van der Waals surface area contributed by atoms with Gasteiger partial charge in [0.1, 0.15) is 0 Å². The van der Waals surface area contributed by atoms with E-state index in [1.165, 1.54) is 0 Å². The van der Waals surface area contributed by atoms with Crippen molar-refractivity contribution >= 4 is 16.7 Å². The van der Waals surface area contributed by atoms with Gasteiger partial charge in [0, 0.05) is 12.5 Å². The Morgan fingerprint density at radius 1 is 1.24 bits per heavy atom. The molecule has 0 aliphatic heterocycles. The van der Waals surface area contributed by atoms with Gasteiger partial charge in [0.25, 0.3) is 0 Å². The molecule has 0 aliphatic carbocycles. The number of carbonyl (C=O) groups is 1. The van der Waals surface area contributed by atoms with E-state index in [9.17, 15) is 4.79 Å². The van der Waals surface area contributed by atoms with Gasteiger partial charge < -0.3 is 9.15 Å². The van der Waals surface area contributed by atoms with Crippen LogP contribution in [0.5, 0.6) is 0 Å². The van der Waals surface area contributed by atoms with Crippen molar-refractivity contribution in [3.8, 4) is 11.3 Å². The van der Waals surface area contributed by atoms with Crippen LogP contribution in [0.3, 0.4) is 0 Å². The topological polar surface area (TPSA) is 52.3 Å². The van der Waals surface area contributed by atoms with E-state index in [0.29, 0.717) is 29.4 Å². The van der Waals surface area contributed by atoms with Crippen molar-refractivity contribution in [2.75, 3.05) is 6.61 Å². The molecule has 0 radical (unpaired) electrons. The number of benzene rings is 2. The van der Waals surface area contributed by atoms with Crippen LogP contribution in [0.1, 0.15) is 23.2 Å². The molecule has 0 fully saturated rings. The van der Waals surface area contributed by atoms with E-state index < -0.39 is 0 Å². The predicted octanol–water partition coefficient (Wildman–Crippen LogP) is 3.98. The van der Waals surface area contributed by atoms with Gasteiger partial charge >= 0.3 is 5.97 Å².